The predicted molar refractivity (Wildman–Crippen MR) is 114 cm³/mol. The van der Waals surface area contributed by atoms with Crippen LogP contribution in [-0.4, -0.2) is 24.5 Å². The predicted octanol–water partition coefficient (Wildman–Crippen LogP) is 2.17. The van der Waals surface area contributed by atoms with E-state index in [-0.39, 0.29) is 6.42 Å². The van der Waals surface area contributed by atoms with Crippen LogP contribution in [0.15, 0.2) is 51.7 Å². The number of nitrogens with one attached hydrogen (secondary N) is 1. The van der Waals surface area contributed by atoms with Crippen molar-refractivity contribution < 1.29 is 23.8 Å². The van der Waals surface area contributed by atoms with E-state index in [1.165, 1.54) is 6.07 Å². The van der Waals surface area contributed by atoms with Crippen LogP contribution in [0.4, 0.5) is 0 Å². The smallest absolute Gasteiger partial charge is 0.336 e. The maximum Gasteiger partial charge on any atom is 0.336 e. The van der Waals surface area contributed by atoms with Crippen LogP contribution in [0.2, 0.25) is 5.02 Å². The van der Waals surface area contributed by atoms with Crippen LogP contribution in [-0.2, 0) is 22.4 Å². The first-order chi connectivity index (χ1) is 14.8. The van der Waals surface area contributed by atoms with E-state index in [0.29, 0.717) is 33.9 Å². The van der Waals surface area contributed by atoms with Crippen molar-refractivity contribution in [1.29, 1.82) is 0 Å². The molecule has 0 saturated heterocycles. The SMILES string of the molecule is CCc1cc(=O)oc2c(C)c(OCC(=O)N[C@@H](Cc3ccc(Cl)cc3)C(=O)[O-])ccc12. The summed E-state index contributed by atoms with van der Waals surface area (Å²) in [4.78, 5) is 35.5. The number of carbonyl (C=O) groups is 2. The van der Waals surface area contributed by atoms with Crippen molar-refractivity contribution in [3.8, 4) is 5.75 Å². The highest BCUT2D eigenvalue weighted by atomic mass is 35.5. The largest absolute Gasteiger partial charge is 0.548 e. The Hall–Kier alpha value is -3.32. The molecule has 31 heavy (non-hydrogen) atoms. The van der Waals surface area contributed by atoms with E-state index in [2.05, 4.69) is 5.32 Å². The van der Waals surface area contributed by atoms with Crippen molar-refractivity contribution in [2.75, 3.05) is 6.61 Å². The molecule has 1 heterocycles. The quantitative estimate of drug-likeness (QED) is 0.535. The van der Waals surface area contributed by atoms with Crippen molar-refractivity contribution in [3.63, 3.8) is 0 Å². The van der Waals surface area contributed by atoms with Crippen molar-refractivity contribution in [1.82, 2.24) is 5.32 Å². The van der Waals surface area contributed by atoms with E-state index < -0.39 is 30.2 Å². The topological polar surface area (TPSA) is 109 Å². The van der Waals surface area contributed by atoms with Gasteiger partial charge in [0.25, 0.3) is 5.91 Å². The molecule has 0 bridgehead atoms. The number of carboxylic acids is 1. The molecule has 1 amide bonds. The number of halogens is 1. The van der Waals surface area contributed by atoms with Gasteiger partial charge in [-0.25, -0.2) is 4.79 Å². The lowest BCUT2D eigenvalue weighted by molar-refractivity contribution is -0.308. The van der Waals surface area contributed by atoms with Gasteiger partial charge in [0, 0.05) is 22.0 Å². The molecule has 162 valence electrons. The number of aryl methyl sites for hydroxylation is 2. The molecular weight excluding hydrogens is 422 g/mol. The highest BCUT2D eigenvalue weighted by Crippen LogP contribution is 2.28. The molecule has 1 N–H and O–H groups in total. The second kappa shape index (κ2) is 9.66. The Morgan fingerprint density at radius 2 is 1.90 bits per heavy atom. The standard InChI is InChI=1S/C23H22ClNO6/c1-3-15-11-21(27)31-22-13(2)19(9-8-17(15)22)30-12-20(26)25-18(23(28)29)10-14-4-6-16(24)7-5-14/h4-9,11,18H,3,10,12H2,1-2H3,(H,25,26)(H,28,29)/p-1/t18-/m0/s1. The Morgan fingerprint density at radius 1 is 1.19 bits per heavy atom. The van der Waals surface area contributed by atoms with E-state index in [0.717, 1.165) is 10.9 Å². The lowest BCUT2D eigenvalue weighted by atomic mass is 10.0. The molecule has 0 aliphatic rings. The van der Waals surface area contributed by atoms with Gasteiger partial charge in [0.2, 0.25) is 0 Å². The molecule has 0 saturated carbocycles. The molecule has 0 spiro atoms. The molecule has 0 aliphatic heterocycles. The number of ether oxygens (including phenoxy) is 1. The highest BCUT2D eigenvalue weighted by Gasteiger charge is 2.16. The summed E-state index contributed by atoms with van der Waals surface area (Å²) in [5, 5.41) is 15.2. The molecule has 3 aromatic rings. The lowest BCUT2D eigenvalue weighted by Crippen LogP contribution is -2.50. The summed E-state index contributed by atoms with van der Waals surface area (Å²) >= 11 is 5.83. The number of carbonyl (C=O) groups excluding carboxylic acids is 2. The summed E-state index contributed by atoms with van der Waals surface area (Å²) in [5.74, 6) is -1.66. The maximum atomic E-state index is 12.3. The summed E-state index contributed by atoms with van der Waals surface area (Å²) in [6.45, 7) is 3.26. The van der Waals surface area contributed by atoms with Crippen LogP contribution < -0.4 is 20.8 Å². The lowest BCUT2D eigenvalue weighted by Gasteiger charge is -2.20. The van der Waals surface area contributed by atoms with Gasteiger partial charge in [0.05, 0.1) is 12.0 Å². The van der Waals surface area contributed by atoms with Gasteiger partial charge in [-0.2, -0.15) is 0 Å². The fourth-order valence-electron chi connectivity index (χ4n) is 3.29. The normalized spacial score (nSPS) is 11.8. The zero-order chi connectivity index (χ0) is 22.5. The molecular formula is C23H21ClNO6-. The minimum absolute atomic E-state index is 0.0468. The molecule has 0 radical (unpaired) electrons. The minimum atomic E-state index is -1.40. The monoisotopic (exact) mass is 442 g/mol. The minimum Gasteiger partial charge on any atom is -0.548 e. The van der Waals surface area contributed by atoms with E-state index >= 15 is 0 Å². The third-order valence-corrected chi connectivity index (χ3v) is 5.16. The summed E-state index contributed by atoms with van der Waals surface area (Å²) in [7, 11) is 0. The number of hydrogen-bond donors (Lipinski definition) is 1. The number of benzene rings is 2. The first-order valence-corrected chi connectivity index (χ1v) is 10.1. The van der Waals surface area contributed by atoms with Gasteiger partial charge in [-0.3, -0.25) is 4.79 Å². The fourth-order valence-corrected chi connectivity index (χ4v) is 3.41. The Balaban J connectivity index is 1.69. The van der Waals surface area contributed by atoms with E-state index in [9.17, 15) is 19.5 Å². The average Bonchev–Trinajstić information content (AvgIpc) is 2.74. The number of rotatable bonds is 8. The van der Waals surface area contributed by atoms with Gasteiger partial charge in [-0.05, 0) is 55.2 Å². The maximum absolute atomic E-state index is 12.3. The Morgan fingerprint density at radius 3 is 2.55 bits per heavy atom. The molecule has 1 atom stereocenters. The number of fused-ring (bicyclic) bond motifs is 1. The zero-order valence-electron chi connectivity index (χ0n) is 17.1. The molecule has 0 fully saturated rings. The van der Waals surface area contributed by atoms with Gasteiger partial charge in [0.1, 0.15) is 11.3 Å². The summed E-state index contributed by atoms with van der Waals surface area (Å²) < 4.78 is 10.9. The van der Waals surface area contributed by atoms with Gasteiger partial charge >= 0.3 is 5.63 Å². The molecule has 8 heteroatoms. The second-order valence-electron chi connectivity index (χ2n) is 7.07. The first kappa shape index (κ1) is 22.4. The van der Waals surface area contributed by atoms with Crippen molar-refractivity contribution >= 4 is 34.4 Å². The average molecular weight is 443 g/mol. The zero-order valence-corrected chi connectivity index (χ0v) is 17.8. The van der Waals surface area contributed by atoms with Gasteiger partial charge in [0.15, 0.2) is 6.61 Å². The molecule has 3 rings (SSSR count). The molecule has 0 unspecified atom stereocenters. The first-order valence-electron chi connectivity index (χ1n) is 9.72. The fraction of sp³-hybridized carbons (Fsp3) is 0.261. The van der Waals surface area contributed by atoms with E-state index in [1.54, 1.807) is 43.3 Å². The third kappa shape index (κ3) is 5.44. The van der Waals surface area contributed by atoms with Crippen LogP contribution in [0, 0.1) is 6.92 Å². The second-order valence-corrected chi connectivity index (χ2v) is 7.50. The van der Waals surface area contributed by atoms with Crippen molar-refractivity contribution in [2.24, 2.45) is 0 Å². The van der Waals surface area contributed by atoms with Crippen LogP contribution in [0.1, 0.15) is 23.6 Å². The molecule has 2 aromatic carbocycles. The van der Waals surface area contributed by atoms with Crippen LogP contribution in [0.5, 0.6) is 5.75 Å². The van der Waals surface area contributed by atoms with Gasteiger partial charge < -0.3 is 24.4 Å². The summed E-state index contributed by atoms with van der Waals surface area (Å²) in [6, 6.07) is 10.3. The van der Waals surface area contributed by atoms with Crippen molar-refractivity contribution in [3.05, 3.63) is 74.6 Å². The summed E-state index contributed by atoms with van der Waals surface area (Å²) in [6.07, 6.45) is 0.716. The van der Waals surface area contributed by atoms with Gasteiger partial charge in [-0.15, -0.1) is 0 Å². The Kier molecular flexibility index (Phi) is 6.97. The Bertz CT molecular complexity index is 1170. The van der Waals surface area contributed by atoms with Crippen LogP contribution in [0.25, 0.3) is 11.0 Å². The van der Waals surface area contributed by atoms with Crippen molar-refractivity contribution in [2.45, 2.75) is 32.7 Å². The highest BCUT2D eigenvalue weighted by molar-refractivity contribution is 6.30. The van der Waals surface area contributed by atoms with E-state index in [1.807, 2.05) is 6.92 Å². The Labute approximate surface area is 183 Å². The number of carboxylic acid groups (broad SMARTS) is 1. The summed E-state index contributed by atoms with van der Waals surface area (Å²) in [5.41, 5.74) is 2.07. The van der Waals surface area contributed by atoms with Crippen LogP contribution >= 0.6 is 11.6 Å². The third-order valence-electron chi connectivity index (χ3n) is 4.91. The molecule has 1 aromatic heterocycles. The molecule has 0 aliphatic carbocycles. The number of amides is 1. The number of aliphatic carboxylic acids is 1. The van der Waals surface area contributed by atoms with E-state index in [4.69, 9.17) is 20.8 Å². The van der Waals surface area contributed by atoms with Crippen LogP contribution in [0.3, 0.4) is 0 Å². The molecule has 7 nitrogen and oxygen atoms in total. The number of hydrogen-bond acceptors (Lipinski definition) is 6. The van der Waals surface area contributed by atoms with Gasteiger partial charge in [-0.1, -0.05) is 30.7 Å².